The number of rotatable bonds is 60. The normalized spacial score (nSPS) is 12.8. The van der Waals surface area contributed by atoms with Gasteiger partial charge < -0.3 is 14.2 Å². The molecule has 0 aliphatic rings. The lowest BCUT2D eigenvalue weighted by atomic mass is 10.0. The molecule has 0 amide bonds. The molecular formula is C73H124O6. The van der Waals surface area contributed by atoms with Crippen LogP contribution in [-0.2, 0) is 28.6 Å². The van der Waals surface area contributed by atoms with Gasteiger partial charge in [-0.1, -0.05) is 297 Å². The lowest BCUT2D eigenvalue weighted by Crippen LogP contribution is -2.30. The van der Waals surface area contributed by atoms with E-state index in [1.807, 2.05) is 6.08 Å². The number of carbonyl (C=O) groups is 3. The Bertz CT molecular complexity index is 1590. The highest BCUT2D eigenvalue weighted by Crippen LogP contribution is 2.16. The van der Waals surface area contributed by atoms with E-state index in [1.165, 1.54) is 193 Å². The molecule has 6 nitrogen and oxygen atoms in total. The van der Waals surface area contributed by atoms with Crippen LogP contribution in [0.5, 0.6) is 0 Å². The van der Waals surface area contributed by atoms with E-state index in [0.29, 0.717) is 12.8 Å². The van der Waals surface area contributed by atoms with Crippen LogP contribution in [0.4, 0.5) is 0 Å². The predicted molar refractivity (Wildman–Crippen MR) is 343 cm³/mol. The quantitative estimate of drug-likeness (QED) is 0.0261. The minimum Gasteiger partial charge on any atom is -0.462 e. The van der Waals surface area contributed by atoms with Gasteiger partial charge in [0.2, 0.25) is 0 Å². The molecule has 0 heterocycles. The van der Waals surface area contributed by atoms with Crippen LogP contribution in [0, 0.1) is 0 Å². The summed E-state index contributed by atoms with van der Waals surface area (Å²) in [5, 5.41) is 0. The molecule has 0 saturated heterocycles. The van der Waals surface area contributed by atoms with Gasteiger partial charge in [0, 0.05) is 12.8 Å². The Morgan fingerprint density at radius 1 is 0.278 bits per heavy atom. The molecule has 0 bridgehead atoms. The van der Waals surface area contributed by atoms with Crippen molar-refractivity contribution in [1.29, 1.82) is 0 Å². The first-order chi connectivity index (χ1) is 39.0. The Balaban J connectivity index is 4.41. The van der Waals surface area contributed by atoms with Crippen molar-refractivity contribution in [2.24, 2.45) is 0 Å². The van der Waals surface area contributed by atoms with Crippen LogP contribution in [0.2, 0.25) is 0 Å². The maximum absolute atomic E-state index is 12.9. The minimum absolute atomic E-state index is 0.110. The first-order valence-electron chi connectivity index (χ1n) is 33.4. The first kappa shape index (κ1) is 75.1. The van der Waals surface area contributed by atoms with Crippen molar-refractivity contribution in [2.75, 3.05) is 13.2 Å². The highest BCUT2D eigenvalue weighted by atomic mass is 16.6. The van der Waals surface area contributed by atoms with Crippen LogP contribution in [0.25, 0.3) is 0 Å². The lowest BCUT2D eigenvalue weighted by Gasteiger charge is -2.18. The molecule has 1 atom stereocenters. The molecule has 0 aromatic heterocycles. The monoisotopic (exact) mass is 1100 g/mol. The minimum atomic E-state index is -0.823. The van der Waals surface area contributed by atoms with Gasteiger partial charge in [-0.25, -0.2) is 0 Å². The van der Waals surface area contributed by atoms with E-state index in [0.717, 1.165) is 83.5 Å². The number of carbonyl (C=O) groups excluding carboxylic acids is 3. The zero-order chi connectivity index (χ0) is 57.1. The van der Waals surface area contributed by atoms with Gasteiger partial charge in [0.05, 0.1) is 6.42 Å². The second-order valence-corrected chi connectivity index (χ2v) is 22.0. The number of esters is 3. The van der Waals surface area contributed by atoms with Crippen LogP contribution in [-0.4, -0.2) is 37.2 Å². The number of unbranched alkanes of at least 4 members (excludes halogenated alkanes) is 32. The predicted octanol–water partition coefficient (Wildman–Crippen LogP) is 23.0. The molecule has 0 radical (unpaired) electrons. The molecular weight excluding hydrogens is 973 g/mol. The van der Waals surface area contributed by atoms with Crippen LogP contribution < -0.4 is 0 Å². The summed E-state index contributed by atoms with van der Waals surface area (Å²) in [6, 6.07) is 0. The fourth-order valence-corrected chi connectivity index (χ4v) is 9.28. The summed E-state index contributed by atoms with van der Waals surface area (Å²) in [5.74, 6) is -1.04. The second-order valence-electron chi connectivity index (χ2n) is 22.0. The van der Waals surface area contributed by atoms with E-state index >= 15 is 0 Å². The van der Waals surface area contributed by atoms with Gasteiger partial charge in [0.25, 0.3) is 0 Å². The molecule has 0 aliphatic carbocycles. The number of hydrogen-bond donors (Lipinski definition) is 0. The van der Waals surface area contributed by atoms with Crippen LogP contribution in [0.1, 0.15) is 316 Å². The highest BCUT2D eigenvalue weighted by Gasteiger charge is 2.19. The zero-order valence-electron chi connectivity index (χ0n) is 51.9. The Morgan fingerprint density at radius 3 is 0.886 bits per heavy atom. The van der Waals surface area contributed by atoms with Crippen molar-refractivity contribution < 1.29 is 28.6 Å². The summed E-state index contributed by atoms with van der Waals surface area (Å²) in [4.78, 5) is 38.3. The number of hydrogen-bond acceptors (Lipinski definition) is 6. The molecule has 0 fully saturated rings. The number of allylic oxidation sites excluding steroid dienone is 17. The SMILES string of the molecule is CC/C=C\C/C=C\C/C=C\C/C=C\C/C=C\CC(=O)OCC(COC(=O)CCCCCCCCCCCCC/C=C\C/C=C\CCCCCCC)OC(=O)CCCCCCCCCCCCC/C=C\C/C=C\CCCCCCC. The largest absolute Gasteiger partial charge is 0.462 e. The van der Waals surface area contributed by atoms with Gasteiger partial charge in [0.1, 0.15) is 13.2 Å². The van der Waals surface area contributed by atoms with Crippen molar-refractivity contribution >= 4 is 17.9 Å². The van der Waals surface area contributed by atoms with Crippen molar-refractivity contribution in [3.05, 3.63) is 109 Å². The van der Waals surface area contributed by atoms with Gasteiger partial charge in [-0.15, -0.1) is 0 Å². The molecule has 0 rings (SSSR count). The fraction of sp³-hybridized carbons (Fsp3) is 0.712. The molecule has 452 valence electrons. The summed E-state index contributed by atoms with van der Waals surface area (Å²) in [6.07, 6.45) is 91.3. The maximum Gasteiger partial charge on any atom is 0.309 e. The molecule has 0 N–H and O–H groups in total. The van der Waals surface area contributed by atoms with Gasteiger partial charge in [-0.05, 0) is 109 Å². The van der Waals surface area contributed by atoms with E-state index < -0.39 is 12.1 Å². The summed E-state index contributed by atoms with van der Waals surface area (Å²) >= 11 is 0. The Morgan fingerprint density at radius 2 is 0.544 bits per heavy atom. The molecule has 79 heavy (non-hydrogen) atoms. The van der Waals surface area contributed by atoms with Crippen LogP contribution in [0.15, 0.2) is 109 Å². The third-order valence-electron chi connectivity index (χ3n) is 14.3. The van der Waals surface area contributed by atoms with Crippen molar-refractivity contribution in [1.82, 2.24) is 0 Å². The third-order valence-corrected chi connectivity index (χ3v) is 14.3. The molecule has 1 unspecified atom stereocenters. The van der Waals surface area contributed by atoms with Crippen molar-refractivity contribution in [3.8, 4) is 0 Å². The Labute approximate surface area is 489 Å². The van der Waals surface area contributed by atoms with Gasteiger partial charge in [-0.2, -0.15) is 0 Å². The van der Waals surface area contributed by atoms with Crippen molar-refractivity contribution in [2.45, 2.75) is 322 Å². The van der Waals surface area contributed by atoms with Gasteiger partial charge in [-0.3, -0.25) is 14.4 Å². The molecule has 0 aromatic rings. The van der Waals surface area contributed by atoms with Crippen molar-refractivity contribution in [3.63, 3.8) is 0 Å². The summed E-state index contributed by atoms with van der Waals surface area (Å²) in [7, 11) is 0. The van der Waals surface area contributed by atoms with E-state index in [1.54, 1.807) is 6.08 Å². The molecule has 0 aliphatic heterocycles. The smallest absolute Gasteiger partial charge is 0.309 e. The van der Waals surface area contributed by atoms with Crippen LogP contribution >= 0.6 is 0 Å². The maximum atomic E-state index is 12.9. The van der Waals surface area contributed by atoms with E-state index in [2.05, 4.69) is 118 Å². The highest BCUT2D eigenvalue weighted by molar-refractivity contribution is 5.72. The topological polar surface area (TPSA) is 78.9 Å². The van der Waals surface area contributed by atoms with E-state index in [9.17, 15) is 14.4 Å². The third kappa shape index (κ3) is 64.8. The summed E-state index contributed by atoms with van der Waals surface area (Å²) < 4.78 is 16.8. The summed E-state index contributed by atoms with van der Waals surface area (Å²) in [6.45, 7) is 6.44. The number of ether oxygens (including phenoxy) is 3. The average Bonchev–Trinajstić information content (AvgIpc) is 3.45. The fourth-order valence-electron chi connectivity index (χ4n) is 9.28. The lowest BCUT2D eigenvalue weighted by molar-refractivity contribution is -0.166. The summed E-state index contributed by atoms with van der Waals surface area (Å²) in [5.41, 5.74) is 0. The van der Waals surface area contributed by atoms with Crippen LogP contribution in [0.3, 0.4) is 0 Å². The van der Waals surface area contributed by atoms with Gasteiger partial charge in [0.15, 0.2) is 6.10 Å². The molecule has 0 spiro atoms. The Hall–Kier alpha value is -3.93. The molecule has 0 saturated carbocycles. The standard InChI is InChI=1S/C73H124O6/c1-4-7-10-13-16-19-22-25-28-30-32-34-36-38-40-42-45-48-51-54-57-60-63-66-72(75)78-69-70(68-77-71(74)65-62-59-56-53-50-47-44-27-24-21-18-15-12-9-6-3)79-73(76)67-64-61-58-55-52-49-46-43-41-39-37-35-33-31-29-26-23-20-17-14-11-8-5-2/h9,12,18,21-23,25-27,30-33,44,50,53,59,62,70H,4-8,10-11,13-17,19-20,24,28-29,34-43,45-49,51-52,54-58,60-61,63-69H2,1-3H3/b12-9-,21-18-,25-22-,26-23-,32-30-,33-31-,44-27-,53-50-,62-59-. The average molecular weight is 1100 g/mol. The first-order valence-corrected chi connectivity index (χ1v) is 33.4. The van der Waals surface area contributed by atoms with E-state index in [4.69, 9.17) is 14.2 Å². The molecule has 6 heteroatoms. The second kappa shape index (κ2) is 66.6. The zero-order valence-corrected chi connectivity index (χ0v) is 51.9. The Kier molecular flexibility index (Phi) is 63.3. The molecule has 0 aromatic carbocycles. The van der Waals surface area contributed by atoms with E-state index in [-0.39, 0.29) is 31.6 Å². The van der Waals surface area contributed by atoms with Gasteiger partial charge >= 0.3 is 17.9 Å².